The minimum atomic E-state index is -4.50. The summed E-state index contributed by atoms with van der Waals surface area (Å²) in [7, 11) is 0. The number of esters is 1. The van der Waals surface area contributed by atoms with Crippen LogP contribution in [0, 0.1) is 0 Å². The first-order valence-corrected chi connectivity index (χ1v) is 8.81. The quantitative estimate of drug-likeness (QED) is 0.740. The van der Waals surface area contributed by atoms with Crippen molar-refractivity contribution in [3.8, 4) is 0 Å². The molecule has 3 rings (SSSR count). The zero-order valence-electron chi connectivity index (χ0n) is 15.0. The third-order valence-corrected chi connectivity index (χ3v) is 5.27. The number of halogens is 3. The Bertz CT molecular complexity index is 647. The van der Waals surface area contributed by atoms with Crippen LogP contribution in [0.5, 0.6) is 0 Å². The van der Waals surface area contributed by atoms with Gasteiger partial charge in [-0.2, -0.15) is 13.2 Å². The minimum absolute atomic E-state index is 0.0561. The lowest BCUT2D eigenvalue weighted by atomic mass is 9.89. The molecule has 2 saturated heterocycles. The second-order valence-electron chi connectivity index (χ2n) is 7.66. The molecule has 0 N–H and O–H groups in total. The van der Waals surface area contributed by atoms with Crippen molar-refractivity contribution in [1.29, 1.82) is 0 Å². The van der Waals surface area contributed by atoms with Crippen LogP contribution in [0.4, 0.5) is 13.2 Å². The first kappa shape index (κ1) is 19.2. The lowest BCUT2D eigenvalue weighted by molar-refractivity contribution is -0.187. The molecule has 0 saturated carbocycles. The fraction of sp³-hybridized carbons (Fsp3) is 0.632. The van der Waals surface area contributed by atoms with Crippen LogP contribution < -0.4 is 0 Å². The van der Waals surface area contributed by atoms with Crippen LogP contribution in [0.25, 0.3) is 0 Å². The molecular formula is C19H24F3NO3. The molecule has 0 bridgehead atoms. The molecule has 2 aliphatic heterocycles. The van der Waals surface area contributed by atoms with Gasteiger partial charge in [-0.1, -0.05) is 30.3 Å². The number of alkyl halides is 3. The van der Waals surface area contributed by atoms with Gasteiger partial charge in [0.1, 0.15) is 5.72 Å². The summed E-state index contributed by atoms with van der Waals surface area (Å²) in [4.78, 5) is 14.1. The maximum Gasteiger partial charge on any atom is 0.422 e. The van der Waals surface area contributed by atoms with Gasteiger partial charge in [0.05, 0.1) is 18.6 Å². The summed E-state index contributed by atoms with van der Waals surface area (Å²) in [5, 5.41) is 0. The molecule has 0 spiro atoms. The van der Waals surface area contributed by atoms with E-state index in [1.807, 2.05) is 32.0 Å². The summed E-state index contributed by atoms with van der Waals surface area (Å²) in [6.45, 7) is 2.90. The van der Waals surface area contributed by atoms with Crippen molar-refractivity contribution in [3.05, 3.63) is 35.9 Å². The van der Waals surface area contributed by atoms with E-state index in [4.69, 9.17) is 4.74 Å². The monoisotopic (exact) mass is 371 g/mol. The third-order valence-electron chi connectivity index (χ3n) is 5.27. The van der Waals surface area contributed by atoms with Crippen LogP contribution in [0.15, 0.2) is 30.3 Å². The van der Waals surface area contributed by atoms with Crippen molar-refractivity contribution in [3.63, 3.8) is 0 Å². The zero-order valence-corrected chi connectivity index (χ0v) is 15.0. The van der Waals surface area contributed by atoms with Gasteiger partial charge < -0.3 is 9.47 Å². The van der Waals surface area contributed by atoms with Crippen LogP contribution in [0.1, 0.15) is 38.7 Å². The number of rotatable bonds is 5. The van der Waals surface area contributed by atoms with Crippen molar-refractivity contribution < 1.29 is 27.4 Å². The lowest BCUT2D eigenvalue weighted by Gasteiger charge is -2.40. The zero-order chi connectivity index (χ0) is 19.0. The highest BCUT2D eigenvalue weighted by atomic mass is 19.4. The molecule has 0 unspecified atom stereocenters. The number of carbonyl (C=O) groups is 1. The summed E-state index contributed by atoms with van der Waals surface area (Å²) in [5.74, 6) is -0.814. The van der Waals surface area contributed by atoms with E-state index in [-0.39, 0.29) is 18.0 Å². The van der Waals surface area contributed by atoms with Gasteiger partial charge in [0.15, 0.2) is 6.61 Å². The normalized spacial score (nSPS) is 28.1. The van der Waals surface area contributed by atoms with E-state index in [2.05, 4.69) is 21.8 Å². The highest BCUT2D eigenvalue weighted by Crippen LogP contribution is 2.48. The third kappa shape index (κ3) is 4.04. The maximum absolute atomic E-state index is 12.3. The molecule has 1 aromatic rings. The summed E-state index contributed by atoms with van der Waals surface area (Å²) in [6.07, 6.45) is -2.20. The van der Waals surface area contributed by atoms with Gasteiger partial charge in [-0.3, -0.25) is 9.69 Å². The molecule has 0 amide bonds. The summed E-state index contributed by atoms with van der Waals surface area (Å²) in [6, 6.07) is 9.86. The molecule has 2 heterocycles. The van der Waals surface area contributed by atoms with Gasteiger partial charge in [0.2, 0.25) is 0 Å². The van der Waals surface area contributed by atoms with Crippen molar-refractivity contribution in [1.82, 2.24) is 4.90 Å². The van der Waals surface area contributed by atoms with E-state index < -0.39 is 24.5 Å². The topological polar surface area (TPSA) is 38.8 Å². The first-order valence-electron chi connectivity index (χ1n) is 8.81. The SMILES string of the molecule is CC1(C)OC[C@@]2(Cc3ccccc3)CC[C@H](CC(=O)OCC(F)(F)F)N12. The highest BCUT2D eigenvalue weighted by Gasteiger charge is 2.58. The molecule has 1 aromatic carbocycles. The molecule has 2 fully saturated rings. The fourth-order valence-electron chi connectivity index (χ4n) is 4.41. The van der Waals surface area contributed by atoms with E-state index in [0.717, 1.165) is 19.3 Å². The number of hydrogen-bond acceptors (Lipinski definition) is 4. The molecule has 144 valence electrons. The van der Waals surface area contributed by atoms with E-state index in [9.17, 15) is 18.0 Å². The van der Waals surface area contributed by atoms with Gasteiger partial charge in [0.25, 0.3) is 0 Å². The van der Waals surface area contributed by atoms with Crippen LogP contribution in [0.3, 0.4) is 0 Å². The number of benzene rings is 1. The van der Waals surface area contributed by atoms with Crippen molar-refractivity contribution >= 4 is 5.97 Å². The van der Waals surface area contributed by atoms with E-state index in [1.165, 1.54) is 5.56 Å². The van der Waals surface area contributed by atoms with Crippen molar-refractivity contribution in [2.75, 3.05) is 13.2 Å². The van der Waals surface area contributed by atoms with Crippen molar-refractivity contribution in [2.24, 2.45) is 0 Å². The summed E-state index contributed by atoms with van der Waals surface area (Å²) >= 11 is 0. The predicted molar refractivity (Wildman–Crippen MR) is 89.4 cm³/mol. The van der Waals surface area contributed by atoms with Gasteiger partial charge >= 0.3 is 12.1 Å². The average molecular weight is 371 g/mol. The Hall–Kier alpha value is -1.60. The van der Waals surface area contributed by atoms with E-state index >= 15 is 0 Å². The van der Waals surface area contributed by atoms with E-state index in [1.54, 1.807) is 0 Å². The second-order valence-corrected chi connectivity index (χ2v) is 7.66. The molecule has 0 radical (unpaired) electrons. The summed E-state index contributed by atoms with van der Waals surface area (Å²) in [5.41, 5.74) is 0.374. The van der Waals surface area contributed by atoms with Crippen LogP contribution >= 0.6 is 0 Å². The molecular weight excluding hydrogens is 347 g/mol. The van der Waals surface area contributed by atoms with Crippen LogP contribution in [-0.4, -0.2) is 47.6 Å². The smallest absolute Gasteiger partial charge is 0.422 e. The number of fused-ring (bicyclic) bond motifs is 1. The van der Waals surface area contributed by atoms with Gasteiger partial charge in [-0.05, 0) is 38.7 Å². The molecule has 0 aromatic heterocycles. The predicted octanol–water partition coefficient (Wildman–Crippen LogP) is 3.69. The van der Waals surface area contributed by atoms with Gasteiger partial charge in [0, 0.05) is 6.04 Å². The van der Waals surface area contributed by atoms with Crippen molar-refractivity contribution in [2.45, 2.75) is 63.0 Å². The molecule has 2 aliphatic rings. The van der Waals surface area contributed by atoms with Crippen LogP contribution in [-0.2, 0) is 20.7 Å². The first-order chi connectivity index (χ1) is 12.1. The largest absolute Gasteiger partial charge is 0.456 e. The molecule has 4 nitrogen and oxygen atoms in total. The maximum atomic E-state index is 12.3. The average Bonchev–Trinajstić information content (AvgIpc) is 3.03. The Morgan fingerprint density at radius 3 is 2.65 bits per heavy atom. The molecule has 7 heteroatoms. The molecule has 0 aliphatic carbocycles. The van der Waals surface area contributed by atoms with E-state index in [0.29, 0.717) is 6.61 Å². The molecule has 2 atom stereocenters. The van der Waals surface area contributed by atoms with Gasteiger partial charge in [-0.25, -0.2) is 0 Å². The Kier molecular flexibility index (Phi) is 5.05. The minimum Gasteiger partial charge on any atom is -0.456 e. The summed E-state index contributed by atoms with van der Waals surface area (Å²) < 4.78 is 47.2. The Morgan fingerprint density at radius 2 is 2.00 bits per heavy atom. The second kappa shape index (κ2) is 6.85. The number of nitrogens with zero attached hydrogens (tertiary/aromatic N) is 1. The van der Waals surface area contributed by atoms with Crippen LogP contribution in [0.2, 0.25) is 0 Å². The fourth-order valence-corrected chi connectivity index (χ4v) is 4.41. The Morgan fingerprint density at radius 1 is 1.31 bits per heavy atom. The number of ether oxygens (including phenoxy) is 2. The number of hydrogen-bond donors (Lipinski definition) is 0. The molecule has 26 heavy (non-hydrogen) atoms. The Balaban J connectivity index is 1.72. The standard InChI is InChI=1S/C19H24F3NO3/c1-17(2)23-15(10-16(24)25-13-19(20,21)22)8-9-18(23,12-26-17)11-14-6-4-3-5-7-14/h3-7,15H,8-13H2,1-2H3/t15-,18+/m1/s1. The highest BCUT2D eigenvalue weighted by molar-refractivity contribution is 5.70. The number of carbonyl (C=O) groups excluding carboxylic acids is 1. The lowest BCUT2D eigenvalue weighted by Crippen LogP contribution is -2.53. The van der Waals surface area contributed by atoms with Gasteiger partial charge in [-0.15, -0.1) is 0 Å². The Labute approximate surface area is 151 Å².